The van der Waals surface area contributed by atoms with Crippen LogP contribution in [0.25, 0.3) is 0 Å². The quantitative estimate of drug-likeness (QED) is 0.664. The molecule has 2 rings (SSSR count). The average Bonchev–Trinajstić information content (AvgIpc) is 2.69. The van der Waals surface area contributed by atoms with E-state index in [1.54, 1.807) is 7.11 Å². The summed E-state index contributed by atoms with van der Waals surface area (Å²) in [5.74, 6) is 0.0869. The molecule has 3 amide bonds. The molecule has 6 nitrogen and oxygen atoms in total. The zero-order chi connectivity index (χ0) is 18.6. The van der Waals surface area contributed by atoms with Gasteiger partial charge in [-0.05, 0) is 37.7 Å². The summed E-state index contributed by atoms with van der Waals surface area (Å²) in [6, 6.07) is 9.89. The Morgan fingerprint density at radius 1 is 1.08 bits per heavy atom. The van der Waals surface area contributed by atoms with Crippen molar-refractivity contribution in [2.45, 2.75) is 38.6 Å². The molecule has 1 aliphatic rings. The van der Waals surface area contributed by atoms with Crippen LogP contribution >= 0.6 is 0 Å². The van der Waals surface area contributed by atoms with Crippen LogP contribution < -0.4 is 10.6 Å². The third kappa shape index (κ3) is 7.04. The van der Waals surface area contributed by atoms with Gasteiger partial charge in [-0.2, -0.15) is 0 Å². The van der Waals surface area contributed by atoms with Crippen molar-refractivity contribution in [1.82, 2.24) is 15.5 Å². The number of hydrogen-bond donors (Lipinski definition) is 2. The molecular weight excluding hydrogens is 330 g/mol. The molecule has 1 saturated heterocycles. The Kier molecular flexibility index (Phi) is 8.96. The fourth-order valence-corrected chi connectivity index (χ4v) is 3.13. The van der Waals surface area contributed by atoms with Crippen LogP contribution in [0.4, 0.5) is 4.79 Å². The van der Waals surface area contributed by atoms with Crippen LogP contribution in [0.3, 0.4) is 0 Å². The van der Waals surface area contributed by atoms with Crippen LogP contribution in [0.15, 0.2) is 30.3 Å². The van der Waals surface area contributed by atoms with Gasteiger partial charge in [0.25, 0.3) is 0 Å². The average molecular weight is 361 g/mol. The molecular formula is C20H31N3O3. The van der Waals surface area contributed by atoms with Crippen molar-refractivity contribution in [3.05, 3.63) is 35.9 Å². The molecule has 1 aromatic carbocycles. The molecule has 1 heterocycles. The van der Waals surface area contributed by atoms with Crippen LogP contribution in [-0.2, 0) is 16.1 Å². The van der Waals surface area contributed by atoms with Gasteiger partial charge in [-0.25, -0.2) is 4.79 Å². The van der Waals surface area contributed by atoms with Gasteiger partial charge in [-0.15, -0.1) is 0 Å². The SMILES string of the molecule is COCCCCCNC(=O)N1CCC(C(=O)NCc2ccccc2)CC1. The minimum atomic E-state index is -0.0140. The largest absolute Gasteiger partial charge is 0.385 e. The molecule has 144 valence electrons. The van der Waals surface area contributed by atoms with E-state index in [4.69, 9.17) is 4.74 Å². The zero-order valence-corrected chi connectivity index (χ0v) is 15.7. The number of amides is 3. The monoisotopic (exact) mass is 361 g/mol. The van der Waals surface area contributed by atoms with Crippen LogP contribution in [0.1, 0.15) is 37.7 Å². The number of urea groups is 1. The van der Waals surface area contributed by atoms with Crippen LogP contribution in [-0.4, -0.2) is 50.2 Å². The number of ether oxygens (including phenoxy) is 1. The number of rotatable bonds is 9. The number of carbonyl (C=O) groups is 2. The van der Waals surface area contributed by atoms with Gasteiger partial charge in [0.05, 0.1) is 0 Å². The van der Waals surface area contributed by atoms with Crippen LogP contribution in [0.5, 0.6) is 0 Å². The van der Waals surface area contributed by atoms with Crippen molar-refractivity contribution in [3.8, 4) is 0 Å². The summed E-state index contributed by atoms with van der Waals surface area (Å²) in [5, 5.41) is 5.97. The molecule has 0 spiro atoms. The van der Waals surface area contributed by atoms with E-state index in [1.165, 1.54) is 0 Å². The smallest absolute Gasteiger partial charge is 0.317 e. The Morgan fingerprint density at radius 3 is 2.50 bits per heavy atom. The highest BCUT2D eigenvalue weighted by molar-refractivity contribution is 5.79. The molecule has 1 aliphatic heterocycles. The zero-order valence-electron chi connectivity index (χ0n) is 15.7. The fraction of sp³-hybridized carbons (Fsp3) is 0.600. The Hall–Kier alpha value is -2.08. The highest BCUT2D eigenvalue weighted by Crippen LogP contribution is 2.17. The van der Waals surface area contributed by atoms with Crippen LogP contribution in [0.2, 0.25) is 0 Å². The minimum absolute atomic E-state index is 0.00296. The van der Waals surface area contributed by atoms with Crippen molar-refractivity contribution >= 4 is 11.9 Å². The lowest BCUT2D eigenvalue weighted by Gasteiger charge is -2.31. The molecule has 2 N–H and O–H groups in total. The third-order valence-corrected chi connectivity index (χ3v) is 4.76. The van der Waals surface area contributed by atoms with Gasteiger partial charge in [-0.1, -0.05) is 30.3 Å². The summed E-state index contributed by atoms with van der Waals surface area (Å²) in [6.07, 6.45) is 4.49. The molecule has 0 radical (unpaired) electrons. The fourth-order valence-electron chi connectivity index (χ4n) is 3.13. The first kappa shape index (κ1) is 20.2. The van der Waals surface area contributed by atoms with E-state index in [1.807, 2.05) is 35.2 Å². The number of benzene rings is 1. The number of likely N-dealkylation sites (tertiary alicyclic amines) is 1. The summed E-state index contributed by atoms with van der Waals surface area (Å²) in [5.41, 5.74) is 1.10. The third-order valence-electron chi connectivity index (χ3n) is 4.76. The maximum Gasteiger partial charge on any atom is 0.317 e. The van der Waals surface area contributed by atoms with E-state index < -0.39 is 0 Å². The first-order valence-corrected chi connectivity index (χ1v) is 9.54. The molecule has 1 aromatic rings. The predicted octanol–water partition coefficient (Wildman–Crippen LogP) is 2.54. The number of piperidine rings is 1. The molecule has 0 bridgehead atoms. The standard InChI is InChI=1S/C20H31N3O3/c1-26-15-7-3-6-12-21-20(25)23-13-10-18(11-14-23)19(24)22-16-17-8-4-2-5-9-17/h2,4-5,8-9,18H,3,6-7,10-16H2,1H3,(H,21,25)(H,22,24). The van der Waals surface area contributed by atoms with Crippen molar-refractivity contribution in [3.63, 3.8) is 0 Å². The Balaban J connectivity index is 1.60. The van der Waals surface area contributed by atoms with Gasteiger partial charge in [0.15, 0.2) is 0 Å². The van der Waals surface area contributed by atoms with Gasteiger partial charge in [0.1, 0.15) is 0 Å². The number of unbranched alkanes of at least 4 members (excludes halogenated alkanes) is 2. The van der Waals surface area contributed by atoms with E-state index in [0.717, 1.165) is 44.3 Å². The van der Waals surface area contributed by atoms with Gasteiger partial charge < -0.3 is 20.3 Å². The molecule has 0 unspecified atom stereocenters. The van der Waals surface area contributed by atoms with E-state index in [-0.39, 0.29) is 17.9 Å². The summed E-state index contributed by atoms with van der Waals surface area (Å²) in [7, 11) is 1.70. The minimum Gasteiger partial charge on any atom is -0.385 e. The molecule has 0 saturated carbocycles. The highest BCUT2D eigenvalue weighted by Gasteiger charge is 2.26. The number of carbonyl (C=O) groups excluding carboxylic acids is 2. The molecule has 26 heavy (non-hydrogen) atoms. The van der Waals surface area contributed by atoms with Gasteiger partial charge >= 0.3 is 6.03 Å². The van der Waals surface area contributed by atoms with E-state index >= 15 is 0 Å². The van der Waals surface area contributed by atoms with E-state index in [2.05, 4.69) is 10.6 Å². The summed E-state index contributed by atoms with van der Waals surface area (Å²) in [4.78, 5) is 26.3. The molecule has 0 atom stereocenters. The first-order valence-electron chi connectivity index (χ1n) is 9.54. The van der Waals surface area contributed by atoms with Crippen LogP contribution in [0, 0.1) is 5.92 Å². The maximum atomic E-state index is 12.3. The summed E-state index contributed by atoms with van der Waals surface area (Å²) in [6.45, 7) is 3.30. The summed E-state index contributed by atoms with van der Waals surface area (Å²) >= 11 is 0. The maximum absolute atomic E-state index is 12.3. The number of methoxy groups -OCH3 is 1. The number of hydrogen-bond acceptors (Lipinski definition) is 3. The number of nitrogens with zero attached hydrogens (tertiary/aromatic N) is 1. The van der Waals surface area contributed by atoms with Crippen molar-refractivity contribution in [2.75, 3.05) is 33.4 Å². The Bertz CT molecular complexity index is 542. The lowest BCUT2D eigenvalue weighted by atomic mass is 9.96. The van der Waals surface area contributed by atoms with Crippen molar-refractivity contribution in [2.24, 2.45) is 5.92 Å². The predicted molar refractivity (Wildman–Crippen MR) is 102 cm³/mol. The van der Waals surface area contributed by atoms with E-state index in [0.29, 0.717) is 26.2 Å². The van der Waals surface area contributed by atoms with Gasteiger partial charge in [-0.3, -0.25) is 4.79 Å². The second-order valence-electron chi connectivity index (χ2n) is 6.75. The normalized spacial score (nSPS) is 14.9. The molecule has 0 aromatic heterocycles. The lowest BCUT2D eigenvalue weighted by Crippen LogP contribution is -2.47. The molecule has 6 heteroatoms. The highest BCUT2D eigenvalue weighted by atomic mass is 16.5. The topological polar surface area (TPSA) is 70.7 Å². The Labute approximate surface area is 156 Å². The lowest BCUT2D eigenvalue weighted by molar-refractivity contribution is -0.126. The first-order chi connectivity index (χ1) is 12.7. The second-order valence-corrected chi connectivity index (χ2v) is 6.75. The second kappa shape index (κ2) is 11.5. The Morgan fingerprint density at radius 2 is 1.81 bits per heavy atom. The van der Waals surface area contributed by atoms with Crippen molar-refractivity contribution < 1.29 is 14.3 Å². The van der Waals surface area contributed by atoms with Gasteiger partial charge in [0.2, 0.25) is 5.91 Å². The van der Waals surface area contributed by atoms with Crippen molar-refractivity contribution in [1.29, 1.82) is 0 Å². The molecule has 1 fully saturated rings. The molecule has 0 aliphatic carbocycles. The van der Waals surface area contributed by atoms with E-state index in [9.17, 15) is 9.59 Å². The summed E-state index contributed by atoms with van der Waals surface area (Å²) < 4.78 is 5.01. The van der Waals surface area contributed by atoms with Gasteiger partial charge in [0, 0.05) is 45.8 Å². The number of nitrogens with one attached hydrogen (secondary N) is 2.